The average molecular weight is 395 g/mol. The van der Waals surface area contributed by atoms with E-state index in [4.69, 9.17) is 5.26 Å². The van der Waals surface area contributed by atoms with Crippen LogP contribution in [-0.2, 0) is 0 Å². The molecule has 0 bridgehead atoms. The summed E-state index contributed by atoms with van der Waals surface area (Å²) in [6.45, 7) is 3.57. The first-order valence-electron chi connectivity index (χ1n) is 9.27. The van der Waals surface area contributed by atoms with E-state index in [0.29, 0.717) is 29.6 Å². The number of urea groups is 1. The van der Waals surface area contributed by atoms with Crippen LogP contribution in [0.25, 0.3) is 11.0 Å². The van der Waals surface area contributed by atoms with Crippen molar-refractivity contribution in [2.75, 3.05) is 30.4 Å². The van der Waals surface area contributed by atoms with Gasteiger partial charge < -0.3 is 14.8 Å². The van der Waals surface area contributed by atoms with Crippen LogP contribution in [0, 0.1) is 17.2 Å². The molecule has 0 radical (unpaired) electrons. The molecule has 0 aliphatic carbocycles. The largest absolute Gasteiger partial charge is 0.369 e. The van der Waals surface area contributed by atoms with E-state index in [9.17, 15) is 4.79 Å². The Hall–Kier alpha value is -3.05. The molecular formula is C20H22N6OS. The molecule has 0 spiro atoms. The Kier molecular flexibility index (Phi) is 4.92. The van der Waals surface area contributed by atoms with Gasteiger partial charge in [-0.25, -0.2) is 9.78 Å². The molecule has 2 atom stereocenters. The van der Waals surface area contributed by atoms with E-state index in [1.165, 1.54) is 11.3 Å². The number of hydrogen-bond donors (Lipinski definition) is 2. The van der Waals surface area contributed by atoms with E-state index < -0.39 is 0 Å². The smallest absolute Gasteiger partial charge is 0.322 e. The maximum Gasteiger partial charge on any atom is 0.322 e. The van der Waals surface area contributed by atoms with Gasteiger partial charge in [0.2, 0.25) is 0 Å². The number of aromatic nitrogens is 2. The van der Waals surface area contributed by atoms with Crippen LogP contribution in [0.3, 0.4) is 0 Å². The second-order valence-corrected chi connectivity index (χ2v) is 8.08. The van der Waals surface area contributed by atoms with Crippen LogP contribution in [-0.4, -0.2) is 47.1 Å². The number of piperidine rings is 1. The van der Waals surface area contributed by atoms with Crippen LogP contribution in [0.4, 0.5) is 15.5 Å². The second kappa shape index (κ2) is 7.52. The zero-order valence-corrected chi connectivity index (χ0v) is 16.7. The number of nitriles is 1. The fourth-order valence-electron chi connectivity index (χ4n) is 3.84. The molecule has 7 nitrogen and oxygen atoms in total. The van der Waals surface area contributed by atoms with E-state index in [1.54, 1.807) is 6.07 Å². The minimum Gasteiger partial charge on any atom is -0.369 e. The number of fused-ring (bicyclic) bond motifs is 1. The Labute approximate surface area is 167 Å². The van der Waals surface area contributed by atoms with Crippen molar-refractivity contribution >= 4 is 39.1 Å². The Morgan fingerprint density at radius 1 is 1.46 bits per heavy atom. The minimum absolute atomic E-state index is 0.147. The lowest BCUT2D eigenvalue weighted by molar-refractivity contribution is 0.172. The number of likely N-dealkylation sites (N-methyl/N-ethyl adjacent to an activating group) is 1. The van der Waals surface area contributed by atoms with Gasteiger partial charge in [0.05, 0.1) is 5.56 Å². The average Bonchev–Trinajstić information content (AvgIpc) is 3.36. The fourth-order valence-corrected chi connectivity index (χ4v) is 4.57. The Morgan fingerprint density at radius 2 is 2.32 bits per heavy atom. The summed E-state index contributed by atoms with van der Waals surface area (Å²) in [7, 11) is 2.08. The maximum atomic E-state index is 12.8. The molecule has 4 heterocycles. The topological polar surface area (TPSA) is 88.1 Å². The summed E-state index contributed by atoms with van der Waals surface area (Å²) in [4.78, 5) is 24.4. The van der Waals surface area contributed by atoms with Gasteiger partial charge in [0.25, 0.3) is 0 Å². The van der Waals surface area contributed by atoms with Crippen molar-refractivity contribution in [2.45, 2.75) is 19.4 Å². The van der Waals surface area contributed by atoms with Crippen molar-refractivity contribution in [3.63, 3.8) is 0 Å². The Balaban J connectivity index is 1.52. The van der Waals surface area contributed by atoms with Crippen molar-refractivity contribution in [1.29, 1.82) is 5.26 Å². The van der Waals surface area contributed by atoms with Gasteiger partial charge in [-0.05, 0) is 35.9 Å². The van der Waals surface area contributed by atoms with Crippen molar-refractivity contribution in [3.05, 3.63) is 41.5 Å². The molecule has 3 aromatic heterocycles. The van der Waals surface area contributed by atoms with Gasteiger partial charge in [-0.1, -0.05) is 6.92 Å². The summed E-state index contributed by atoms with van der Waals surface area (Å²) in [5.74, 6) is 0.451. The van der Waals surface area contributed by atoms with E-state index in [0.717, 1.165) is 23.1 Å². The number of aromatic amines is 1. The first kappa shape index (κ1) is 18.3. The van der Waals surface area contributed by atoms with Gasteiger partial charge in [-0.15, -0.1) is 11.3 Å². The van der Waals surface area contributed by atoms with Crippen LogP contribution in [0.5, 0.6) is 0 Å². The third-order valence-corrected chi connectivity index (χ3v) is 6.36. The van der Waals surface area contributed by atoms with Crippen LogP contribution in [0.1, 0.15) is 18.9 Å². The highest BCUT2D eigenvalue weighted by atomic mass is 32.1. The quantitative estimate of drug-likeness (QED) is 0.706. The van der Waals surface area contributed by atoms with Crippen LogP contribution < -0.4 is 10.2 Å². The summed E-state index contributed by atoms with van der Waals surface area (Å²) in [6.07, 6.45) is 4.63. The van der Waals surface area contributed by atoms with Gasteiger partial charge in [0.1, 0.15) is 16.7 Å². The summed E-state index contributed by atoms with van der Waals surface area (Å²) < 4.78 is 0. The highest BCUT2D eigenvalue weighted by Gasteiger charge is 2.32. The molecule has 1 aliphatic rings. The minimum atomic E-state index is -0.147. The standard InChI is InChI=1S/C20H22N6OS/c1-13-5-9-26(20(27)24-19-14(11-21)6-10-28-19)12-17(13)25(2)16-4-8-23-18-15(16)3-7-22-18/h3-4,6-8,10,13,17H,5,9,12H2,1-2H3,(H,22,23)(H,24,27)/t13-,17?/m1/s1. The molecule has 1 saturated heterocycles. The number of amides is 2. The molecule has 4 rings (SSSR count). The van der Waals surface area contributed by atoms with Gasteiger partial charge >= 0.3 is 6.03 Å². The number of thiophene rings is 1. The van der Waals surface area contributed by atoms with Gasteiger partial charge in [0.15, 0.2) is 0 Å². The molecule has 28 heavy (non-hydrogen) atoms. The van der Waals surface area contributed by atoms with Gasteiger partial charge in [0, 0.05) is 49.6 Å². The molecule has 0 aromatic carbocycles. The van der Waals surface area contributed by atoms with Crippen molar-refractivity contribution in [3.8, 4) is 6.07 Å². The highest BCUT2D eigenvalue weighted by molar-refractivity contribution is 7.14. The van der Waals surface area contributed by atoms with Gasteiger partial charge in [-0.2, -0.15) is 5.26 Å². The third-order valence-electron chi connectivity index (χ3n) is 5.53. The molecule has 1 aliphatic heterocycles. The monoisotopic (exact) mass is 394 g/mol. The van der Waals surface area contributed by atoms with Crippen molar-refractivity contribution in [2.24, 2.45) is 5.92 Å². The number of hydrogen-bond acceptors (Lipinski definition) is 5. The number of anilines is 2. The molecule has 1 fully saturated rings. The number of nitrogens with zero attached hydrogens (tertiary/aromatic N) is 4. The first-order valence-corrected chi connectivity index (χ1v) is 10.1. The highest BCUT2D eigenvalue weighted by Crippen LogP contribution is 2.31. The first-order chi connectivity index (χ1) is 13.6. The predicted octanol–water partition coefficient (Wildman–Crippen LogP) is 3.87. The molecule has 0 saturated carbocycles. The summed E-state index contributed by atoms with van der Waals surface area (Å²) >= 11 is 1.37. The summed E-state index contributed by atoms with van der Waals surface area (Å²) in [5.41, 5.74) is 2.48. The zero-order chi connectivity index (χ0) is 19.7. The number of nitrogens with one attached hydrogen (secondary N) is 2. The lowest BCUT2D eigenvalue weighted by Gasteiger charge is -2.42. The molecule has 3 aromatic rings. The van der Waals surface area contributed by atoms with E-state index in [-0.39, 0.29) is 12.1 Å². The molecule has 8 heteroatoms. The van der Waals surface area contributed by atoms with Crippen LogP contribution >= 0.6 is 11.3 Å². The van der Waals surface area contributed by atoms with Crippen molar-refractivity contribution < 1.29 is 4.79 Å². The number of rotatable bonds is 3. The number of pyridine rings is 1. The number of carbonyl (C=O) groups excluding carboxylic acids is 1. The Morgan fingerprint density at radius 3 is 3.14 bits per heavy atom. The second-order valence-electron chi connectivity index (χ2n) is 7.17. The molecule has 2 N–H and O–H groups in total. The Bertz CT molecular complexity index is 1030. The summed E-state index contributed by atoms with van der Waals surface area (Å²) in [6, 6.07) is 7.94. The third kappa shape index (κ3) is 3.29. The number of H-pyrrole nitrogens is 1. The number of carbonyl (C=O) groups is 1. The zero-order valence-electron chi connectivity index (χ0n) is 15.8. The van der Waals surface area contributed by atoms with Crippen LogP contribution in [0.2, 0.25) is 0 Å². The maximum absolute atomic E-state index is 12.8. The lowest BCUT2D eigenvalue weighted by atomic mass is 9.92. The fraction of sp³-hybridized carbons (Fsp3) is 0.350. The molecule has 2 amide bonds. The van der Waals surface area contributed by atoms with E-state index in [2.05, 4.69) is 40.2 Å². The van der Waals surface area contributed by atoms with E-state index in [1.807, 2.05) is 34.8 Å². The lowest BCUT2D eigenvalue weighted by Crippen LogP contribution is -2.53. The SMILES string of the molecule is C[C@@H]1CCN(C(=O)Nc2sccc2C#N)CC1N(C)c1ccnc2[nH]ccc12. The molecule has 144 valence electrons. The normalized spacial score (nSPS) is 19.4. The predicted molar refractivity (Wildman–Crippen MR) is 112 cm³/mol. The van der Waals surface area contributed by atoms with Gasteiger partial charge in [-0.3, -0.25) is 5.32 Å². The van der Waals surface area contributed by atoms with Crippen molar-refractivity contribution in [1.82, 2.24) is 14.9 Å². The van der Waals surface area contributed by atoms with Crippen LogP contribution in [0.15, 0.2) is 36.0 Å². The van der Waals surface area contributed by atoms with E-state index >= 15 is 0 Å². The molecule has 1 unspecified atom stereocenters. The number of likely N-dealkylation sites (tertiary alicyclic amines) is 1. The summed E-state index contributed by atoms with van der Waals surface area (Å²) in [5, 5.41) is 15.6. The molecular weight excluding hydrogens is 372 g/mol.